The van der Waals surface area contributed by atoms with E-state index in [0.29, 0.717) is 67.9 Å². The van der Waals surface area contributed by atoms with E-state index >= 15 is 0 Å². The lowest BCUT2D eigenvalue weighted by atomic mass is 10.1. The minimum atomic E-state index is -0.389. The van der Waals surface area contributed by atoms with Crippen molar-refractivity contribution in [2.45, 2.75) is 0 Å². The molecule has 0 spiro atoms. The van der Waals surface area contributed by atoms with Crippen molar-refractivity contribution in [3.05, 3.63) is 59.0 Å². The van der Waals surface area contributed by atoms with Crippen LogP contribution in [-0.2, 0) is 9.47 Å². The van der Waals surface area contributed by atoms with Gasteiger partial charge in [0.25, 0.3) is 0 Å². The molecule has 4 rings (SSSR count). The van der Waals surface area contributed by atoms with Gasteiger partial charge in [0.15, 0.2) is 11.5 Å². The number of fused-ring (bicyclic) bond motifs is 2. The van der Waals surface area contributed by atoms with Crippen LogP contribution in [0.15, 0.2) is 57.7 Å². The molecule has 0 amide bonds. The Morgan fingerprint density at radius 3 is 2.22 bits per heavy atom. The number of benzene rings is 2. The molecule has 6 heteroatoms. The molecule has 3 aromatic rings. The van der Waals surface area contributed by atoms with E-state index in [1.54, 1.807) is 18.2 Å². The summed E-state index contributed by atoms with van der Waals surface area (Å²) in [6, 6.07) is 14.7. The quantitative estimate of drug-likeness (QED) is 0.614. The van der Waals surface area contributed by atoms with E-state index in [2.05, 4.69) is 0 Å². The first-order chi connectivity index (χ1) is 13.3. The van der Waals surface area contributed by atoms with Crippen molar-refractivity contribution in [2.75, 3.05) is 39.6 Å². The van der Waals surface area contributed by atoms with Gasteiger partial charge in [-0.1, -0.05) is 24.3 Å². The summed E-state index contributed by atoms with van der Waals surface area (Å²) in [6.45, 7) is 2.77. The molecule has 0 unspecified atom stereocenters. The van der Waals surface area contributed by atoms with E-state index in [1.807, 2.05) is 30.3 Å². The summed E-state index contributed by atoms with van der Waals surface area (Å²) in [6.07, 6.45) is 0. The Kier molecular flexibility index (Phi) is 5.37. The molecule has 140 valence electrons. The van der Waals surface area contributed by atoms with Crippen molar-refractivity contribution < 1.29 is 23.4 Å². The van der Waals surface area contributed by atoms with Gasteiger partial charge in [0.05, 0.1) is 32.0 Å². The Morgan fingerprint density at radius 1 is 0.704 bits per heavy atom. The van der Waals surface area contributed by atoms with Gasteiger partial charge in [-0.25, -0.2) is 4.79 Å². The lowest BCUT2D eigenvalue weighted by Gasteiger charge is -2.16. The van der Waals surface area contributed by atoms with Gasteiger partial charge in [-0.2, -0.15) is 0 Å². The van der Waals surface area contributed by atoms with Gasteiger partial charge in [0.1, 0.15) is 18.8 Å². The molecule has 0 N–H and O–H groups in total. The Bertz CT molecular complexity index is 978. The zero-order chi connectivity index (χ0) is 18.5. The third kappa shape index (κ3) is 4.13. The van der Waals surface area contributed by atoms with E-state index in [4.69, 9.17) is 23.4 Å². The van der Waals surface area contributed by atoms with Crippen molar-refractivity contribution >= 4 is 11.0 Å². The normalized spacial score (nSPS) is 15.7. The molecule has 0 atom stereocenters. The SMILES string of the molecule is O=c1oc2ccccc2cc1-c1ccc2c(c1)OCCOCCOCCO2. The highest BCUT2D eigenvalue weighted by molar-refractivity contribution is 5.82. The van der Waals surface area contributed by atoms with Crippen LogP contribution >= 0.6 is 0 Å². The van der Waals surface area contributed by atoms with Crippen LogP contribution in [-0.4, -0.2) is 39.6 Å². The first-order valence-electron chi connectivity index (χ1n) is 8.90. The van der Waals surface area contributed by atoms with Crippen molar-refractivity contribution in [1.29, 1.82) is 0 Å². The summed E-state index contributed by atoms with van der Waals surface area (Å²) in [5.41, 5.74) is 1.36. The molecule has 27 heavy (non-hydrogen) atoms. The molecule has 0 radical (unpaired) electrons. The summed E-state index contributed by atoms with van der Waals surface area (Å²) >= 11 is 0. The Morgan fingerprint density at radius 2 is 1.41 bits per heavy atom. The van der Waals surface area contributed by atoms with Crippen LogP contribution in [0, 0.1) is 0 Å². The highest BCUT2D eigenvalue weighted by atomic mass is 16.6. The maximum atomic E-state index is 12.4. The molecule has 1 aliphatic heterocycles. The fraction of sp³-hybridized carbons (Fsp3) is 0.286. The van der Waals surface area contributed by atoms with Gasteiger partial charge in [-0.05, 0) is 29.8 Å². The number of hydrogen-bond acceptors (Lipinski definition) is 6. The van der Waals surface area contributed by atoms with E-state index in [0.717, 1.165) is 5.39 Å². The van der Waals surface area contributed by atoms with Crippen LogP contribution < -0.4 is 15.1 Å². The van der Waals surface area contributed by atoms with E-state index in [1.165, 1.54) is 0 Å². The predicted molar refractivity (Wildman–Crippen MR) is 101 cm³/mol. The third-order valence-corrected chi connectivity index (χ3v) is 4.24. The summed E-state index contributed by atoms with van der Waals surface area (Å²) in [5.74, 6) is 1.16. The molecule has 2 aromatic carbocycles. The Balaban J connectivity index is 1.69. The summed E-state index contributed by atoms with van der Waals surface area (Å²) < 4.78 is 27.9. The van der Waals surface area contributed by atoms with Crippen LogP contribution in [0.3, 0.4) is 0 Å². The fourth-order valence-electron chi connectivity index (χ4n) is 2.91. The molecule has 0 bridgehead atoms. The molecule has 1 aromatic heterocycles. The lowest BCUT2D eigenvalue weighted by Crippen LogP contribution is -2.15. The van der Waals surface area contributed by atoms with Crippen LogP contribution in [0.4, 0.5) is 0 Å². The third-order valence-electron chi connectivity index (χ3n) is 4.24. The van der Waals surface area contributed by atoms with E-state index < -0.39 is 0 Å². The summed E-state index contributed by atoms with van der Waals surface area (Å²) in [5, 5.41) is 0.864. The number of rotatable bonds is 1. The summed E-state index contributed by atoms with van der Waals surface area (Å²) in [4.78, 5) is 12.4. The van der Waals surface area contributed by atoms with E-state index in [-0.39, 0.29) is 5.63 Å². The van der Waals surface area contributed by atoms with Crippen LogP contribution in [0.2, 0.25) is 0 Å². The standard InChI is InChI=1S/C21H20O6/c22-21-17(13-16-3-1-2-4-18(16)27-21)15-5-6-19-20(14-15)26-12-10-24-8-7-23-9-11-25-19/h1-6,13-14H,7-12H2. The molecular formula is C21H20O6. The number of ether oxygens (including phenoxy) is 4. The maximum absolute atomic E-state index is 12.4. The predicted octanol–water partition coefficient (Wildman–Crippen LogP) is 3.26. The highest BCUT2D eigenvalue weighted by Crippen LogP contribution is 2.32. The smallest absolute Gasteiger partial charge is 0.344 e. The van der Waals surface area contributed by atoms with Crippen LogP contribution in [0.1, 0.15) is 0 Å². The van der Waals surface area contributed by atoms with Gasteiger partial charge in [0.2, 0.25) is 0 Å². The van der Waals surface area contributed by atoms with Gasteiger partial charge >= 0.3 is 5.63 Å². The number of para-hydroxylation sites is 1. The number of hydrogen-bond donors (Lipinski definition) is 0. The first-order valence-corrected chi connectivity index (χ1v) is 8.90. The van der Waals surface area contributed by atoms with E-state index in [9.17, 15) is 4.79 Å². The second kappa shape index (κ2) is 8.24. The minimum absolute atomic E-state index is 0.381. The highest BCUT2D eigenvalue weighted by Gasteiger charge is 2.13. The molecule has 1 aliphatic rings. The molecule has 2 heterocycles. The van der Waals surface area contributed by atoms with Gasteiger partial charge in [0, 0.05) is 5.39 Å². The van der Waals surface area contributed by atoms with Crippen molar-refractivity contribution in [1.82, 2.24) is 0 Å². The average molecular weight is 368 g/mol. The van der Waals surface area contributed by atoms with Crippen LogP contribution in [0.5, 0.6) is 11.5 Å². The second-order valence-corrected chi connectivity index (χ2v) is 6.07. The Labute approximate surface area is 156 Å². The molecule has 0 saturated heterocycles. The molecule has 0 saturated carbocycles. The minimum Gasteiger partial charge on any atom is -0.487 e. The van der Waals surface area contributed by atoms with Crippen molar-refractivity contribution in [3.63, 3.8) is 0 Å². The van der Waals surface area contributed by atoms with Gasteiger partial charge < -0.3 is 23.4 Å². The molecule has 0 aliphatic carbocycles. The van der Waals surface area contributed by atoms with Crippen molar-refractivity contribution in [2.24, 2.45) is 0 Å². The maximum Gasteiger partial charge on any atom is 0.344 e. The van der Waals surface area contributed by atoms with Crippen LogP contribution in [0.25, 0.3) is 22.1 Å². The Hall–Kier alpha value is -2.83. The van der Waals surface area contributed by atoms with Gasteiger partial charge in [-0.15, -0.1) is 0 Å². The zero-order valence-corrected chi connectivity index (χ0v) is 14.8. The lowest BCUT2D eigenvalue weighted by molar-refractivity contribution is 0.0223. The summed E-state index contributed by atoms with van der Waals surface area (Å²) in [7, 11) is 0. The molecular weight excluding hydrogens is 348 g/mol. The van der Waals surface area contributed by atoms with Gasteiger partial charge in [-0.3, -0.25) is 0 Å². The topological polar surface area (TPSA) is 67.1 Å². The van der Waals surface area contributed by atoms with Crippen molar-refractivity contribution in [3.8, 4) is 22.6 Å². The average Bonchev–Trinajstić information content (AvgIpc) is 2.68. The fourth-order valence-corrected chi connectivity index (χ4v) is 2.91. The molecule has 0 fully saturated rings. The largest absolute Gasteiger partial charge is 0.487 e. The second-order valence-electron chi connectivity index (χ2n) is 6.07. The monoisotopic (exact) mass is 368 g/mol. The first kappa shape index (κ1) is 17.6. The molecule has 6 nitrogen and oxygen atoms in total. The zero-order valence-electron chi connectivity index (χ0n) is 14.8.